The summed E-state index contributed by atoms with van der Waals surface area (Å²) in [6.45, 7) is 5.99. The van der Waals surface area contributed by atoms with E-state index in [-0.39, 0.29) is 11.5 Å². The average Bonchev–Trinajstić information content (AvgIpc) is 3.26. The quantitative estimate of drug-likeness (QED) is 0.665. The lowest BCUT2D eigenvalue weighted by Crippen LogP contribution is -2.32. The van der Waals surface area contributed by atoms with Crippen LogP contribution in [-0.4, -0.2) is 56.4 Å². The van der Waals surface area contributed by atoms with Gasteiger partial charge >= 0.3 is 11.9 Å². The lowest BCUT2D eigenvalue weighted by molar-refractivity contribution is -0.137. The zero-order valence-electron chi connectivity index (χ0n) is 18.7. The van der Waals surface area contributed by atoms with Crippen LogP contribution in [0.1, 0.15) is 43.7 Å². The van der Waals surface area contributed by atoms with Crippen molar-refractivity contribution in [1.82, 2.24) is 10.2 Å². The van der Waals surface area contributed by atoms with Crippen LogP contribution in [0.3, 0.4) is 0 Å². The smallest absolute Gasteiger partial charge is 0.336 e. The van der Waals surface area contributed by atoms with E-state index in [2.05, 4.69) is 10.2 Å². The second kappa shape index (κ2) is 9.43. The summed E-state index contributed by atoms with van der Waals surface area (Å²) < 4.78 is 15.5. The number of likely N-dealkylation sites (tertiary alicyclic amines) is 1. The fourth-order valence-electron chi connectivity index (χ4n) is 4.40. The molecule has 1 aromatic rings. The van der Waals surface area contributed by atoms with Crippen LogP contribution < -0.4 is 10.1 Å². The minimum Gasteiger partial charge on any atom is -0.504 e. The van der Waals surface area contributed by atoms with Gasteiger partial charge in [0.2, 0.25) is 0 Å². The van der Waals surface area contributed by atoms with Crippen LogP contribution in [0, 0.1) is 0 Å². The monoisotopic (exact) mass is 430 g/mol. The molecule has 0 spiro atoms. The lowest BCUT2D eigenvalue weighted by Gasteiger charge is -2.30. The van der Waals surface area contributed by atoms with E-state index in [1.165, 1.54) is 21.3 Å². The van der Waals surface area contributed by atoms with E-state index in [0.717, 1.165) is 25.9 Å². The minimum absolute atomic E-state index is 0.0627. The fourth-order valence-corrected chi connectivity index (χ4v) is 4.40. The van der Waals surface area contributed by atoms with Gasteiger partial charge in [0, 0.05) is 23.5 Å². The number of carbonyl (C=O) groups is 2. The van der Waals surface area contributed by atoms with Crippen LogP contribution in [0.2, 0.25) is 0 Å². The van der Waals surface area contributed by atoms with Gasteiger partial charge in [0.05, 0.1) is 38.4 Å². The van der Waals surface area contributed by atoms with Crippen LogP contribution in [0.15, 0.2) is 34.7 Å². The van der Waals surface area contributed by atoms with Crippen molar-refractivity contribution in [2.24, 2.45) is 0 Å². The van der Waals surface area contributed by atoms with Crippen molar-refractivity contribution in [3.63, 3.8) is 0 Å². The largest absolute Gasteiger partial charge is 0.504 e. The number of benzene rings is 1. The standard InChI is InChI=1S/C23H30N2O6/c1-13-18(22(27)30-4)20(19(14(2)24-13)23(28)31-5)15-10-16(12-25-8-6-7-9-25)21(26)17(11-15)29-3/h10-11,20,24,26H,6-9,12H2,1-5H3. The highest BCUT2D eigenvalue weighted by atomic mass is 16.5. The molecule has 168 valence electrons. The van der Waals surface area contributed by atoms with Crippen molar-refractivity contribution in [3.05, 3.63) is 45.8 Å². The molecule has 1 saturated heterocycles. The summed E-state index contributed by atoms with van der Waals surface area (Å²) in [7, 11) is 4.09. The van der Waals surface area contributed by atoms with E-state index in [1.807, 2.05) is 6.07 Å². The number of nitrogens with one attached hydrogen (secondary N) is 1. The van der Waals surface area contributed by atoms with Gasteiger partial charge in [-0.3, -0.25) is 4.90 Å². The van der Waals surface area contributed by atoms with Crippen molar-refractivity contribution >= 4 is 11.9 Å². The number of phenols is 1. The summed E-state index contributed by atoms with van der Waals surface area (Å²) in [4.78, 5) is 27.7. The van der Waals surface area contributed by atoms with E-state index in [1.54, 1.807) is 19.9 Å². The van der Waals surface area contributed by atoms with E-state index >= 15 is 0 Å². The zero-order chi connectivity index (χ0) is 22.7. The molecule has 2 N–H and O–H groups in total. The normalized spacial score (nSPS) is 17.6. The van der Waals surface area contributed by atoms with E-state index in [4.69, 9.17) is 14.2 Å². The molecule has 8 heteroatoms. The molecule has 0 aromatic heterocycles. The average molecular weight is 431 g/mol. The van der Waals surface area contributed by atoms with Gasteiger partial charge in [0.25, 0.3) is 0 Å². The maximum Gasteiger partial charge on any atom is 0.336 e. The zero-order valence-corrected chi connectivity index (χ0v) is 18.7. The summed E-state index contributed by atoms with van der Waals surface area (Å²) in [6, 6.07) is 3.49. The van der Waals surface area contributed by atoms with Gasteiger partial charge in [0.15, 0.2) is 11.5 Å². The first-order valence-corrected chi connectivity index (χ1v) is 10.3. The number of aromatic hydroxyl groups is 1. The highest BCUT2D eigenvalue weighted by molar-refractivity contribution is 5.99. The summed E-state index contributed by atoms with van der Waals surface area (Å²) >= 11 is 0. The Balaban J connectivity index is 2.19. The number of carbonyl (C=O) groups excluding carboxylic acids is 2. The Hall–Kier alpha value is -3.00. The number of ether oxygens (including phenoxy) is 3. The highest BCUT2D eigenvalue weighted by Gasteiger charge is 2.38. The highest BCUT2D eigenvalue weighted by Crippen LogP contribution is 2.43. The van der Waals surface area contributed by atoms with Crippen LogP contribution in [-0.2, 0) is 25.6 Å². The Morgan fingerprint density at radius 1 is 1.03 bits per heavy atom. The lowest BCUT2D eigenvalue weighted by atomic mass is 9.79. The van der Waals surface area contributed by atoms with Crippen LogP contribution in [0.25, 0.3) is 0 Å². The number of hydrogen-bond donors (Lipinski definition) is 2. The Morgan fingerprint density at radius 2 is 1.58 bits per heavy atom. The van der Waals surface area contributed by atoms with Crippen molar-refractivity contribution in [3.8, 4) is 11.5 Å². The van der Waals surface area contributed by atoms with E-state index in [0.29, 0.717) is 40.2 Å². The molecule has 2 aliphatic rings. The van der Waals surface area contributed by atoms with Gasteiger partial charge in [0.1, 0.15) is 0 Å². The van der Waals surface area contributed by atoms with Gasteiger partial charge in [-0.1, -0.05) is 0 Å². The first-order chi connectivity index (χ1) is 14.8. The maximum absolute atomic E-state index is 12.7. The first kappa shape index (κ1) is 22.7. The predicted octanol–water partition coefficient (Wildman–Crippen LogP) is 2.58. The van der Waals surface area contributed by atoms with Crippen LogP contribution in [0.4, 0.5) is 0 Å². The molecule has 2 aliphatic heterocycles. The molecule has 0 bridgehead atoms. The van der Waals surface area contributed by atoms with Crippen LogP contribution >= 0.6 is 0 Å². The number of allylic oxidation sites excluding steroid dienone is 2. The minimum atomic E-state index is -0.729. The number of phenolic OH excluding ortho intramolecular Hbond substituents is 1. The van der Waals surface area contributed by atoms with Gasteiger partial charge in [-0.2, -0.15) is 0 Å². The number of esters is 2. The van der Waals surface area contributed by atoms with Crippen molar-refractivity contribution in [2.45, 2.75) is 39.2 Å². The number of hydrogen-bond acceptors (Lipinski definition) is 8. The molecule has 0 amide bonds. The SMILES string of the molecule is COC(=O)C1=C(C)NC(C)=C(C(=O)OC)C1c1cc(CN2CCCC2)c(O)c(OC)c1. The Labute approximate surface area is 182 Å². The number of methoxy groups -OCH3 is 3. The molecule has 3 rings (SSSR count). The van der Waals surface area contributed by atoms with Crippen LogP contribution in [0.5, 0.6) is 11.5 Å². The van der Waals surface area contributed by atoms with Gasteiger partial charge in [-0.15, -0.1) is 0 Å². The van der Waals surface area contributed by atoms with Crippen molar-refractivity contribution < 1.29 is 28.9 Å². The molecule has 0 atom stereocenters. The molecule has 1 aromatic carbocycles. The molecule has 0 saturated carbocycles. The third-order valence-electron chi connectivity index (χ3n) is 5.89. The third kappa shape index (κ3) is 4.39. The summed E-state index contributed by atoms with van der Waals surface area (Å²) in [5.41, 5.74) is 3.13. The summed E-state index contributed by atoms with van der Waals surface area (Å²) in [5, 5.41) is 13.8. The molecule has 8 nitrogen and oxygen atoms in total. The van der Waals surface area contributed by atoms with E-state index < -0.39 is 17.9 Å². The second-order valence-corrected chi connectivity index (χ2v) is 7.83. The molecule has 0 radical (unpaired) electrons. The number of rotatable bonds is 6. The Kier molecular flexibility index (Phi) is 6.90. The van der Waals surface area contributed by atoms with Gasteiger partial charge in [-0.25, -0.2) is 9.59 Å². The molecule has 31 heavy (non-hydrogen) atoms. The molecule has 0 aliphatic carbocycles. The van der Waals surface area contributed by atoms with E-state index in [9.17, 15) is 14.7 Å². The first-order valence-electron chi connectivity index (χ1n) is 10.3. The van der Waals surface area contributed by atoms with Gasteiger partial charge < -0.3 is 24.6 Å². The fraction of sp³-hybridized carbons (Fsp3) is 0.478. The Morgan fingerprint density at radius 3 is 2.06 bits per heavy atom. The molecule has 2 heterocycles. The van der Waals surface area contributed by atoms with Crippen molar-refractivity contribution in [2.75, 3.05) is 34.4 Å². The summed E-state index contributed by atoms with van der Waals surface area (Å²) in [6.07, 6.45) is 2.24. The number of nitrogens with zero attached hydrogens (tertiary/aromatic N) is 1. The predicted molar refractivity (Wildman–Crippen MR) is 114 cm³/mol. The van der Waals surface area contributed by atoms with Gasteiger partial charge in [-0.05, 0) is 57.5 Å². The summed E-state index contributed by atoms with van der Waals surface area (Å²) in [5.74, 6) is -1.47. The number of dihydropyridines is 1. The molecular weight excluding hydrogens is 400 g/mol. The topological polar surface area (TPSA) is 97.3 Å². The third-order valence-corrected chi connectivity index (χ3v) is 5.89. The van der Waals surface area contributed by atoms with Crippen molar-refractivity contribution in [1.29, 1.82) is 0 Å². The second-order valence-electron chi connectivity index (χ2n) is 7.83. The molecule has 0 unspecified atom stereocenters. The molecule has 1 fully saturated rings. The maximum atomic E-state index is 12.7. The Bertz CT molecular complexity index is 906. The molecular formula is C23H30N2O6.